The lowest BCUT2D eigenvalue weighted by molar-refractivity contribution is 1.18. The van der Waals surface area contributed by atoms with Crippen LogP contribution in [0.1, 0.15) is 0 Å². The fourth-order valence-electron chi connectivity index (χ4n) is 10.9. The summed E-state index contributed by atoms with van der Waals surface area (Å²) in [5.41, 5.74) is 15.5. The predicted octanol–water partition coefficient (Wildman–Crippen LogP) is 16.6. The third-order valence-electron chi connectivity index (χ3n) is 13.8. The molecular formula is C62H39N3. The van der Waals surface area contributed by atoms with Gasteiger partial charge in [-0.1, -0.05) is 158 Å². The second kappa shape index (κ2) is 13.9. The number of para-hydroxylation sites is 4. The zero-order valence-electron chi connectivity index (χ0n) is 35.4. The van der Waals surface area contributed by atoms with Gasteiger partial charge in [0.2, 0.25) is 0 Å². The molecule has 0 fully saturated rings. The van der Waals surface area contributed by atoms with Gasteiger partial charge in [-0.25, -0.2) is 0 Å². The summed E-state index contributed by atoms with van der Waals surface area (Å²) in [6, 6.07) is 87.2. The molecule has 0 saturated heterocycles. The Labute approximate surface area is 374 Å². The molecule has 65 heavy (non-hydrogen) atoms. The van der Waals surface area contributed by atoms with Crippen LogP contribution in [0.3, 0.4) is 0 Å². The van der Waals surface area contributed by atoms with Crippen LogP contribution in [0.25, 0.3) is 126 Å². The Hall–Kier alpha value is -8.66. The number of hydrogen-bond donors (Lipinski definition) is 0. The Kier molecular flexibility index (Phi) is 7.69. The molecule has 3 nitrogen and oxygen atoms in total. The van der Waals surface area contributed by atoms with Gasteiger partial charge >= 0.3 is 0 Å². The highest BCUT2D eigenvalue weighted by Crippen LogP contribution is 2.43. The summed E-state index contributed by atoms with van der Waals surface area (Å²) in [5.74, 6) is 0. The van der Waals surface area contributed by atoms with Gasteiger partial charge in [-0.3, -0.25) is 0 Å². The summed E-state index contributed by atoms with van der Waals surface area (Å²) in [7, 11) is 0. The summed E-state index contributed by atoms with van der Waals surface area (Å²) in [4.78, 5) is 0. The average Bonchev–Trinajstić information content (AvgIpc) is 4.00. The molecule has 0 amide bonds. The van der Waals surface area contributed by atoms with Gasteiger partial charge in [-0.15, -0.1) is 0 Å². The Morgan fingerprint density at radius 3 is 1.03 bits per heavy atom. The molecule has 0 radical (unpaired) electrons. The number of fused-ring (bicyclic) bond motifs is 11. The van der Waals surface area contributed by atoms with E-state index in [1.165, 1.54) is 115 Å². The standard InChI is InChI=1S/C62H39N3/c1-3-17-46(18-4-1)63-56-25-13-11-23-50(56)52-31-27-42(38-60(52)63)40-29-33-58-54(36-40)55-37-41(30-34-59(55)65(58)62-48-21-9-7-15-44(48)35-45-16-8-10-22-49(45)62)43-28-32-53-51-24-12-14-26-57(51)64(61(53)39-43)47-19-5-2-6-20-47/h1-39H. The molecule has 0 bridgehead atoms. The quantitative estimate of drug-likeness (QED) is 0.154. The molecule has 3 heterocycles. The van der Waals surface area contributed by atoms with Crippen molar-refractivity contribution in [1.29, 1.82) is 0 Å². The lowest BCUT2D eigenvalue weighted by Crippen LogP contribution is -1.97. The summed E-state index contributed by atoms with van der Waals surface area (Å²) in [6.45, 7) is 0. The van der Waals surface area contributed by atoms with E-state index in [1.807, 2.05) is 0 Å². The molecular weight excluding hydrogens is 787 g/mol. The van der Waals surface area contributed by atoms with E-state index in [1.54, 1.807) is 0 Å². The first kappa shape index (κ1) is 35.9. The van der Waals surface area contributed by atoms with Gasteiger partial charge in [0.05, 0.1) is 38.8 Å². The van der Waals surface area contributed by atoms with Crippen LogP contribution < -0.4 is 0 Å². The van der Waals surface area contributed by atoms with E-state index < -0.39 is 0 Å². The van der Waals surface area contributed by atoms with Gasteiger partial charge in [0.1, 0.15) is 0 Å². The summed E-state index contributed by atoms with van der Waals surface area (Å²) < 4.78 is 7.34. The molecule has 11 aromatic carbocycles. The number of nitrogens with zero attached hydrogens (tertiary/aromatic N) is 3. The maximum absolute atomic E-state index is 2.52. The van der Waals surface area contributed by atoms with E-state index in [2.05, 4.69) is 250 Å². The SMILES string of the molecule is c1ccc(-n2c3ccccc3c3ccc(-c4ccc5c(c4)c4cc(-c6ccc7c8ccccc8n(-c8ccccc8)c7c6)ccc4n5-c4c5ccccc5cc5ccccc45)cc32)cc1. The average molecular weight is 826 g/mol. The highest BCUT2D eigenvalue weighted by molar-refractivity contribution is 6.17. The smallest absolute Gasteiger partial charge is 0.0618 e. The van der Waals surface area contributed by atoms with Crippen molar-refractivity contribution in [2.75, 3.05) is 0 Å². The summed E-state index contributed by atoms with van der Waals surface area (Å²) in [5, 5.41) is 12.4. The summed E-state index contributed by atoms with van der Waals surface area (Å²) in [6.07, 6.45) is 0. The molecule has 0 aliphatic heterocycles. The molecule has 0 aliphatic rings. The Bertz CT molecular complexity index is 3960. The lowest BCUT2D eigenvalue weighted by Gasteiger charge is -2.16. The van der Waals surface area contributed by atoms with Crippen LogP contribution in [0, 0.1) is 0 Å². The second-order valence-corrected chi connectivity index (χ2v) is 17.3. The molecule has 14 rings (SSSR count). The molecule has 302 valence electrons. The summed E-state index contributed by atoms with van der Waals surface area (Å²) >= 11 is 0. The van der Waals surface area contributed by atoms with Crippen LogP contribution in [-0.2, 0) is 0 Å². The van der Waals surface area contributed by atoms with Crippen molar-refractivity contribution >= 4 is 87.0 Å². The molecule has 14 aromatic rings. The minimum Gasteiger partial charge on any atom is -0.309 e. The van der Waals surface area contributed by atoms with Crippen molar-refractivity contribution in [3.05, 3.63) is 237 Å². The molecule has 0 N–H and O–H groups in total. The van der Waals surface area contributed by atoms with Crippen molar-refractivity contribution in [2.24, 2.45) is 0 Å². The lowest BCUT2D eigenvalue weighted by atomic mass is 9.99. The van der Waals surface area contributed by atoms with E-state index in [9.17, 15) is 0 Å². The Balaban J connectivity index is 1.03. The topological polar surface area (TPSA) is 14.8 Å². The van der Waals surface area contributed by atoms with Crippen LogP contribution in [0.15, 0.2) is 237 Å². The fraction of sp³-hybridized carbons (Fsp3) is 0. The predicted molar refractivity (Wildman–Crippen MR) is 275 cm³/mol. The van der Waals surface area contributed by atoms with Crippen LogP contribution in [-0.4, -0.2) is 13.7 Å². The van der Waals surface area contributed by atoms with Crippen molar-refractivity contribution < 1.29 is 0 Å². The third-order valence-corrected chi connectivity index (χ3v) is 13.8. The zero-order valence-corrected chi connectivity index (χ0v) is 35.4. The second-order valence-electron chi connectivity index (χ2n) is 17.3. The van der Waals surface area contributed by atoms with Crippen molar-refractivity contribution in [3.63, 3.8) is 0 Å². The van der Waals surface area contributed by atoms with Crippen molar-refractivity contribution in [1.82, 2.24) is 13.7 Å². The highest BCUT2D eigenvalue weighted by atomic mass is 15.0. The van der Waals surface area contributed by atoms with E-state index >= 15 is 0 Å². The van der Waals surface area contributed by atoms with E-state index in [4.69, 9.17) is 0 Å². The first-order valence-electron chi connectivity index (χ1n) is 22.4. The number of benzene rings is 11. The molecule has 3 aromatic heterocycles. The van der Waals surface area contributed by atoms with Crippen molar-refractivity contribution in [2.45, 2.75) is 0 Å². The van der Waals surface area contributed by atoms with Gasteiger partial charge < -0.3 is 13.7 Å². The molecule has 0 unspecified atom stereocenters. The van der Waals surface area contributed by atoms with E-state index in [0.29, 0.717) is 0 Å². The molecule has 3 heteroatoms. The molecule has 0 saturated carbocycles. The van der Waals surface area contributed by atoms with Gasteiger partial charge in [0.25, 0.3) is 0 Å². The Morgan fingerprint density at radius 1 is 0.200 bits per heavy atom. The van der Waals surface area contributed by atoms with Crippen LogP contribution in [0.2, 0.25) is 0 Å². The number of rotatable bonds is 5. The van der Waals surface area contributed by atoms with Crippen LogP contribution >= 0.6 is 0 Å². The first-order chi connectivity index (χ1) is 32.2. The number of hydrogen-bond acceptors (Lipinski definition) is 0. The highest BCUT2D eigenvalue weighted by Gasteiger charge is 2.20. The monoisotopic (exact) mass is 825 g/mol. The largest absolute Gasteiger partial charge is 0.309 e. The minimum atomic E-state index is 1.16. The molecule has 0 aliphatic carbocycles. The fourth-order valence-corrected chi connectivity index (χ4v) is 10.9. The van der Waals surface area contributed by atoms with Gasteiger partial charge in [-0.2, -0.15) is 0 Å². The maximum atomic E-state index is 2.52. The van der Waals surface area contributed by atoms with Gasteiger partial charge in [-0.05, 0) is 112 Å². The van der Waals surface area contributed by atoms with Crippen LogP contribution in [0.5, 0.6) is 0 Å². The molecule has 0 spiro atoms. The minimum absolute atomic E-state index is 1.16. The van der Waals surface area contributed by atoms with E-state index in [0.717, 1.165) is 11.4 Å². The normalized spacial score (nSPS) is 12.0. The maximum Gasteiger partial charge on any atom is 0.0618 e. The number of aromatic nitrogens is 3. The van der Waals surface area contributed by atoms with Gasteiger partial charge in [0.15, 0.2) is 0 Å². The van der Waals surface area contributed by atoms with Crippen LogP contribution in [0.4, 0.5) is 0 Å². The zero-order chi connectivity index (χ0) is 42.6. The first-order valence-corrected chi connectivity index (χ1v) is 22.4. The third kappa shape index (κ3) is 5.36. The van der Waals surface area contributed by atoms with E-state index in [-0.39, 0.29) is 0 Å². The van der Waals surface area contributed by atoms with Crippen molar-refractivity contribution in [3.8, 4) is 39.3 Å². The van der Waals surface area contributed by atoms with Gasteiger partial charge in [0, 0.05) is 54.5 Å². The molecule has 0 atom stereocenters. The Morgan fingerprint density at radius 2 is 0.554 bits per heavy atom.